The van der Waals surface area contributed by atoms with Crippen molar-refractivity contribution in [1.29, 1.82) is 0 Å². The van der Waals surface area contributed by atoms with Gasteiger partial charge in [-0.1, -0.05) is 78.4 Å². The molecule has 6 heteroatoms. The van der Waals surface area contributed by atoms with Crippen molar-refractivity contribution in [3.8, 4) is 26.8 Å². The normalized spacial score (nSPS) is 10.8. The van der Waals surface area contributed by atoms with E-state index in [1.54, 1.807) is 15.9 Å². The third kappa shape index (κ3) is 4.33. The van der Waals surface area contributed by atoms with Crippen LogP contribution in [0.25, 0.3) is 26.8 Å². The van der Waals surface area contributed by atoms with Gasteiger partial charge in [0.05, 0.1) is 4.88 Å². The summed E-state index contributed by atoms with van der Waals surface area (Å²) >= 11 is 1.57. The smallest absolute Gasteiger partial charge is 0.340 e. The van der Waals surface area contributed by atoms with Gasteiger partial charge in [0.25, 0.3) is 0 Å². The molecule has 0 amide bonds. The minimum atomic E-state index is -0.377. The molecule has 1 N–H and O–H groups in total. The van der Waals surface area contributed by atoms with Crippen LogP contribution in [0.15, 0.2) is 95.9 Å². The molecule has 0 spiro atoms. The predicted octanol–water partition coefficient (Wildman–Crippen LogP) is 6.38. The molecule has 0 saturated heterocycles. The van der Waals surface area contributed by atoms with Crippen molar-refractivity contribution in [2.45, 2.75) is 13.8 Å². The van der Waals surface area contributed by atoms with E-state index in [-0.39, 0.29) is 5.69 Å². The second-order valence-corrected chi connectivity index (χ2v) is 8.82. The molecule has 162 valence electrons. The number of thiazole rings is 1. The van der Waals surface area contributed by atoms with Gasteiger partial charge in [-0.25, -0.2) is 14.3 Å². The molecule has 0 atom stereocenters. The minimum absolute atomic E-state index is 0.377. The Morgan fingerprint density at radius 3 is 2.09 bits per heavy atom. The van der Waals surface area contributed by atoms with Gasteiger partial charge in [0.2, 0.25) is 0 Å². The first-order valence-corrected chi connectivity index (χ1v) is 11.5. The lowest BCUT2D eigenvalue weighted by Crippen LogP contribution is -2.23. The molecule has 5 rings (SSSR count). The number of anilines is 2. The Hall–Kier alpha value is -4.03. The zero-order valence-corrected chi connectivity index (χ0v) is 19.1. The molecule has 5 aromatic rings. The maximum Gasteiger partial charge on any atom is 0.355 e. The summed E-state index contributed by atoms with van der Waals surface area (Å²) in [5.74, 6) is 1.13. The standard InChI is InChI=1S/C27H22N4OS/c1-18-13-15-22(16-14-18)28-24-19(2)17-31(27(32)29-24)25-23(20-9-5-3-6-10-20)33-26(30-25)21-11-7-4-8-12-21/h3-17H,1-2H3,(H,28,29,32). The van der Waals surface area contributed by atoms with Gasteiger partial charge in [-0.05, 0) is 31.5 Å². The van der Waals surface area contributed by atoms with Gasteiger partial charge in [-0.15, -0.1) is 11.3 Å². The fraction of sp³-hybridized carbons (Fsp3) is 0.0741. The summed E-state index contributed by atoms with van der Waals surface area (Å²) in [7, 11) is 0. The zero-order valence-electron chi connectivity index (χ0n) is 18.3. The molecule has 0 aliphatic rings. The highest BCUT2D eigenvalue weighted by Crippen LogP contribution is 2.37. The zero-order chi connectivity index (χ0) is 22.8. The van der Waals surface area contributed by atoms with Crippen LogP contribution in [0, 0.1) is 13.8 Å². The predicted molar refractivity (Wildman–Crippen MR) is 136 cm³/mol. The van der Waals surface area contributed by atoms with Crippen molar-refractivity contribution in [3.05, 3.63) is 113 Å². The van der Waals surface area contributed by atoms with Crippen LogP contribution in [0.4, 0.5) is 11.5 Å². The van der Waals surface area contributed by atoms with Gasteiger partial charge in [0.15, 0.2) is 5.82 Å². The lowest BCUT2D eigenvalue weighted by atomic mass is 10.2. The molecule has 0 radical (unpaired) electrons. The Labute approximate surface area is 196 Å². The number of nitrogens with zero attached hydrogens (tertiary/aromatic N) is 3. The van der Waals surface area contributed by atoms with Crippen LogP contribution in [0.2, 0.25) is 0 Å². The highest BCUT2D eigenvalue weighted by molar-refractivity contribution is 7.18. The molecular weight excluding hydrogens is 428 g/mol. The van der Waals surface area contributed by atoms with Gasteiger partial charge in [0.1, 0.15) is 10.8 Å². The van der Waals surface area contributed by atoms with E-state index in [4.69, 9.17) is 4.98 Å². The third-order valence-electron chi connectivity index (χ3n) is 5.32. The largest absolute Gasteiger partial charge is 0.355 e. The van der Waals surface area contributed by atoms with E-state index in [1.807, 2.05) is 105 Å². The molecule has 0 aliphatic heterocycles. The van der Waals surface area contributed by atoms with Crippen LogP contribution in [-0.4, -0.2) is 14.5 Å². The Kier molecular flexibility index (Phi) is 5.59. The SMILES string of the molecule is Cc1ccc(Nc2nc(=O)n(-c3nc(-c4ccccc4)sc3-c3ccccc3)cc2C)cc1. The number of nitrogens with one attached hydrogen (secondary N) is 1. The highest BCUT2D eigenvalue weighted by Gasteiger charge is 2.18. The van der Waals surface area contributed by atoms with Crippen LogP contribution in [0.1, 0.15) is 11.1 Å². The van der Waals surface area contributed by atoms with E-state index in [0.717, 1.165) is 32.3 Å². The summed E-state index contributed by atoms with van der Waals surface area (Å²) in [6.45, 7) is 3.97. The van der Waals surface area contributed by atoms with Gasteiger partial charge in [-0.2, -0.15) is 4.98 Å². The van der Waals surface area contributed by atoms with Crippen molar-refractivity contribution in [1.82, 2.24) is 14.5 Å². The molecule has 5 nitrogen and oxygen atoms in total. The Balaban J connectivity index is 1.61. The molecular formula is C27H22N4OS. The molecule has 2 aromatic heterocycles. The lowest BCUT2D eigenvalue weighted by molar-refractivity contribution is 0.884. The number of aryl methyl sites for hydroxylation is 2. The number of rotatable bonds is 5. The van der Waals surface area contributed by atoms with Crippen LogP contribution in [-0.2, 0) is 0 Å². The van der Waals surface area contributed by atoms with E-state index >= 15 is 0 Å². The molecule has 0 fully saturated rings. The first-order valence-electron chi connectivity index (χ1n) is 10.6. The number of hydrogen-bond acceptors (Lipinski definition) is 5. The van der Waals surface area contributed by atoms with E-state index < -0.39 is 0 Å². The summed E-state index contributed by atoms with van der Waals surface area (Å²) in [6, 6.07) is 28.0. The van der Waals surface area contributed by atoms with E-state index in [9.17, 15) is 4.79 Å². The first-order chi connectivity index (χ1) is 16.1. The summed E-state index contributed by atoms with van der Waals surface area (Å²) in [5, 5.41) is 4.11. The van der Waals surface area contributed by atoms with Crippen molar-refractivity contribution in [2.75, 3.05) is 5.32 Å². The quantitative estimate of drug-likeness (QED) is 0.337. The van der Waals surface area contributed by atoms with Crippen LogP contribution >= 0.6 is 11.3 Å². The molecule has 0 unspecified atom stereocenters. The fourth-order valence-electron chi connectivity index (χ4n) is 3.56. The molecule has 0 saturated carbocycles. The van der Waals surface area contributed by atoms with Gasteiger partial charge in [-0.3, -0.25) is 0 Å². The van der Waals surface area contributed by atoms with Gasteiger partial charge < -0.3 is 5.32 Å². The van der Waals surface area contributed by atoms with Crippen LogP contribution in [0.3, 0.4) is 0 Å². The number of benzene rings is 3. The van der Waals surface area contributed by atoms with Crippen molar-refractivity contribution >= 4 is 22.8 Å². The van der Waals surface area contributed by atoms with Gasteiger partial charge >= 0.3 is 5.69 Å². The molecule has 0 bridgehead atoms. The number of hydrogen-bond donors (Lipinski definition) is 1. The minimum Gasteiger partial charge on any atom is -0.340 e. The summed E-state index contributed by atoms with van der Waals surface area (Å²) < 4.78 is 1.54. The second-order valence-electron chi connectivity index (χ2n) is 7.82. The topological polar surface area (TPSA) is 59.8 Å². The maximum absolute atomic E-state index is 13.1. The summed E-state index contributed by atoms with van der Waals surface area (Å²) in [5.41, 5.74) is 4.56. The van der Waals surface area contributed by atoms with Crippen LogP contribution in [0.5, 0.6) is 0 Å². The molecule has 33 heavy (non-hydrogen) atoms. The Bertz CT molecular complexity index is 1460. The Morgan fingerprint density at radius 2 is 1.42 bits per heavy atom. The lowest BCUT2D eigenvalue weighted by Gasteiger charge is -2.11. The average Bonchev–Trinajstić information content (AvgIpc) is 3.29. The van der Waals surface area contributed by atoms with E-state index in [1.165, 1.54) is 5.56 Å². The van der Waals surface area contributed by atoms with Crippen molar-refractivity contribution < 1.29 is 0 Å². The fourth-order valence-corrected chi connectivity index (χ4v) is 4.63. The van der Waals surface area contributed by atoms with Crippen molar-refractivity contribution in [2.24, 2.45) is 0 Å². The summed E-state index contributed by atoms with van der Waals surface area (Å²) in [6.07, 6.45) is 1.81. The molecule has 0 aliphatic carbocycles. The van der Waals surface area contributed by atoms with E-state index in [0.29, 0.717) is 11.6 Å². The first kappa shape index (κ1) is 20.8. The maximum atomic E-state index is 13.1. The molecule has 2 heterocycles. The van der Waals surface area contributed by atoms with E-state index in [2.05, 4.69) is 10.3 Å². The Morgan fingerprint density at radius 1 is 0.788 bits per heavy atom. The monoisotopic (exact) mass is 450 g/mol. The highest BCUT2D eigenvalue weighted by atomic mass is 32.1. The molecule has 3 aromatic carbocycles. The van der Waals surface area contributed by atoms with Gasteiger partial charge in [0, 0.05) is 23.0 Å². The van der Waals surface area contributed by atoms with Crippen molar-refractivity contribution in [3.63, 3.8) is 0 Å². The number of aromatic nitrogens is 3. The summed E-state index contributed by atoms with van der Waals surface area (Å²) in [4.78, 5) is 23.3. The van der Waals surface area contributed by atoms with Crippen LogP contribution < -0.4 is 11.0 Å². The second kappa shape index (κ2) is 8.84. The average molecular weight is 451 g/mol. The third-order valence-corrected chi connectivity index (χ3v) is 6.46.